The second-order valence-corrected chi connectivity index (χ2v) is 4.30. The third kappa shape index (κ3) is 4.53. The molecule has 0 aromatic rings. The Hall–Kier alpha value is -0.550. The maximum Gasteiger partial charge on any atom is 0.251 e. The number of aliphatic hydroxyl groups is 1. The van der Waals surface area contributed by atoms with Gasteiger partial charge in [-0.1, -0.05) is 12.8 Å². The van der Waals surface area contributed by atoms with Crippen molar-refractivity contribution in [3.63, 3.8) is 0 Å². The van der Waals surface area contributed by atoms with Gasteiger partial charge in [0, 0.05) is 12.5 Å². The van der Waals surface area contributed by atoms with Gasteiger partial charge in [0.15, 0.2) is 0 Å². The Morgan fingerprint density at radius 3 is 2.50 bits per heavy atom. The Labute approximate surface area is 94.4 Å². The van der Waals surface area contributed by atoms with Crippen LogP contribution < -0.4 is 0 Å². The highest BCUT2D eigenvalue weighted by atomic mass is 19.3. The van der Waals surface area contributed by atoms with Crippen LogP contribution in [0.3, 0.4) is 0 Å². The number of aliphatic hydroxyl groups excluding tert-OH is 1. The highest BCUT2D eigenvalue weighted by Crippen LogP contribution is 2.25. The van der Waals surface area contributed by atoms with Crippen LogP contribution in [0.1, 0.15) is 25.7 Å². The molecule has 1 aliphatic rings. The van der Waals surface area contributed by atoms with Gasteiger partial charge < -0.3 is 5.11 Å². The van der Waals surface area contributed by atoms with E-state index in [1.807, 2.05) is 0 Å². The molecule has 1 rings (SSSR count). The molecular weight excluding hydrogens is 216 g/mol. The molecule has 0 aromatic carbocycles. The summed E-state index contributed by atoms with van der Waals surface area (Å²) in [6, 6.07) is 0. The zero-order chi connectivity index (χ0) is 12.0. The van der Waals surface area contributed by atoms with Crippen molar-refractivity contribution in [2.24, 2.45) is 5.92 Å². The molecule has 0 amide bonds. The van der Waals surface area contributed by atoms with Crippen molar-refractivity contribution in [2.45, 2.75) is 32.1 Å². The molecule has 0 atom stereocenters. The van der Waals surface area contributed by atoms with Gasteiger partial charge in [-0.25, -0.2) is 8.78 Å². The topological polar surface area (TPSA) is 40.5 Å². The van der Waals surface area contributed by atoms with Crippen LogP contribution in [0.2, 0.25) is 0 Å². The summed E-state index contributed by atoms with van der Waals surface area (Å²) in [5, 5.41) is 8.73. The van der Waals surface area contributed by atoms with E-state index in [4.69, 9.17) is 5.11 Å². The van der Waals surface area contributed by atoms with Gasteiger partial charge in [0.2, 0.25) is 0 Å². The fourth-order valence-electron chi connectivity index (χ4n) is 2.17. The number of hydrogen-bond acceptors (Lipinski definition) is 3. The van der Waals surface area contributed by atoms with Crippen molar-refractivity contribution >= 4 is 5.78 Å². The first-order valence-corrected chi connectivity index (χ1v) is 5.77. The lowest BCUT2D eigenvalue weighted by atomic mass is 10.0. The number of carbonyl (C=O) groups is 1. The van der Waals surface area contributed by atoms with E-state index in [0.717, 1.165) is 25.7 Å². The van der Waals surface area contributed by atoms with Gasteiger partial charge in [0.25, 0.3) is 6.43 Å². The molecule has 16 heavy (non-hydrogen) atoms. The predicted molar refractivity (Wildman–Crippen MR) is 56.5 cm³/mol. The van der Waals surface area contributed by atoms with Crippen LogP contribution in [0.25, 0.3) is 0 Å². The summed E-state index contributed by atoms with van der Waals surface area (Å²) in [4.78, 5) is 13.1. The fraction of sp³-hybridized carbons (Fsp3) is 0.909. The molecule has 0 aliphatic heterocycles. The lowest BCUT2D eigenvalue weighted by Gasteiger charge is -2.21. The first-order chi connectivity index (χ1) is 7.63. The Kier molecular flexibility index (Phi) is 5.84. The van der Waals surface area contributed by atoms with Crippen molar-refractivity contribution in [1.82, 2.24) is 4.90 Å². The second kappa shape index (κ2) is 6.91. The number of halogens is 2. The number of alkyl halides is 2. The number of nitrogens with zero attached hydrogens (tertiary/aromatic N) is 1. The van der Waals surface area contributed by atoms with Crippen molar-refractivity contribution in [3.05, 3.63) is 0 Å². The summed E-state index contributed by atoms with van der Waals surface area (Å²) < 4.78 is 24.4. The summed E-state index contributed by atoms with van der Waals surface area (Å²) in [5.74, 6) is 0.102. The monoisotopic (exact) mass is 235 g/mol. The number of rotatable bonds is 7. The molecular formula is C11H19F2NO2. The molecule has 1 aliphatic carbocycles. The van der Waals surface area contributed by atoms with Crippen LogP contribution in [0.15, 0.2) is 0 Å². The van der Waals surface area contributed by atoms with Crippen molar-refractivity contribution in [3.8, 4) is 0 Å². The first kappa shape index (κ1) is 13.5. The van der Waals surface area contributed by atoms with Gasteiger partial charge in [-0.2, -0.15) is 0 Å². The van der Waals surface area contributed by atoms with E-state index in [2.05, 4.69) is 0 Å². The molecule has 0 radical (unpaired) electrons. The van der Waals surface area contributed by atoms with Crippen LogP contribution in [-0.2, 0) is 4.79 Å². The zero-order valence-electron chi connectivity index (χ0n) is 9.37. The second-order valence-electron chi connectivity index (χ2n) is 4.30. The number of Topliss-reactive ketones (excluding diaryl/α,β-unsaturated/α-hetero) is 1. The Morgan fingerprint density at radius 2 is 2.00 bits per heavy atom. The first-order valence-electron chi connectivity index (χ1n) is 5.77. The molecule has 0 unspecified atom stereocenters. The van der Waals surface area contributed by atoms with Crippen LogP contribution >= 0.6 is 0 Å². The smallest absolute Gasteiger partial charge is 0.251 e. The molecule has 94 valence electrons. The minimum atomic E-state index is -2.46. The lowest BCUT2D eigenvalue weighted by molar-refractivity contribution is -0.124. The maximum atomic E-state index is 12.2. The predicted octanol–water partition coefficient (Wildman–Crippen LogP) is 1.31. The Balaban J connectivity index is 2.36. The third-order valence-corrected chi connectivity index (χ3v) is 3.00. The minimum Gasteiger partial charge on any atom is -0.395 e. The van der Waals surface area contributed by atoms with Crippen LogP contribution in [0.5, 0.6) is 0 Å². The van der Waals surface area contributed by atoms with Gasteiger partial charge in [0.05, 0.1) is 19.7 Å². The summed E-state index contributed by atoms with van der Waals surface area (Å²) in [6.45, 7) is -0.429. The highest BCUT2D eigenvalue weighted by molar-refractivity contribution is 5.83. The quantitative estimate of drug-likeness (QED) is 0.723. The van der Waals surface area contributed by atoms with Crippen LogP contribution in [0.4, 0.5) is 8.78 Å². The molecule has 1 saturated carbocycles. The molecule has 0 heterocycles. The Morgan fingerprint density at radius 1 is 1.38 bits per heavy atom. The average molecular weight is 235 g/mol. The van der Waals surface area contributed by atoms with E-state index in [-0.39, 0.29) is 31.4 Å². The van der Waals surface area contributed by atoms with E-state index in [9.17, 15) is 13.6 Å². The van der Waals surface area contributed by atoms with Gasteiger partial charge in [-0.05, 0) is 12.8 Å². The van der Waals surface area contributed by atoms with Gasteiger partial charge in [0.1, 0.15) is 5.78 Å². The molecule has 1 N–H and O–H groups in total. The van der Waals surface area contributed by atoms with E-state index in [1.54, 1.807) is 0 Å². The molecule has 0 saturated heterocycles. The molecule has 0 aromatic heterocycles. The van der Waals surface area contributed by atoms with E-state index in [1.165, 1.54) is 4.90 Å². The minimum absolute atomic E-state index is 0.0478. The lowest BCUT2D eigenvalue weighted by Crippen LogP contribution is -2.37. The normalized spacial score (nSPS) is 17.6. The van der Waals surface area contributed by atoms with Gasteiger partial charge in [-0.15, -0.1) is 0 Å². The van der Waals surface area contributed by atoms with E-state index < -0.39 is 13.0 Å². The number of hydrogen-bond donors (Lipinski definition) is 1. The van der Waals surface area contributed by atoms with Gasteiger partial charge >= 0.3 is 0 Å². The van der Waals surface area contributed by atoms with Crippen molar-refractivity contribution < 1.29 is 18.7 Å². The molecule has 3 nitrogen and oxygen atoms in total. The van der Waals surface area contributed by atoms with E-state index >= 15 is 0 Å². The number of carbonyl (C=O) groups excluding carboxylic acids is 1. The third-order valence-electron chi connectivity index (χ3n) is 3.00. The molecule has 0 spiro atoms. The standard InChI is InChI=1S/C11H19F2NO2/c12-11(13)8-14(5-6-15)7-10(16)9-3-1-2-4-9/h9,11,15H,1-8H2. The van der Waals surface area contributed by atoms with Crippen molar-refractivity contribution in [2.75, 3.05) is 26.2 Å². The Bertz CT molecular complexity index is 218. The number of ketones is 1. The molecule has 0 bridgehead atoms. The average Bonchev–Trinajstić information content (AvgIpc) is 2.69. The molecule has 1 fully saturated rings. The fourth-order valence-corrected chi connectivity index (χ4v) is 2.17. The zero-order valence-corrected chi connectivity index (χ0v) is 9.37. The summed E-state index contributed by atoms with van der Waals surface area (Å²) >= 11 is 0. The van der Waals surface area contributed by atoms with Gasteiger partial charge in [-0.3, -0.25) is 9.69 Å². The van der Waals surface area contributed by atoms with Crippen LogP contribution in [0, 0.1) is 5.92 Å². The summed E-state index contributed by atoms with van der Waals surface area (Å²) in [6.07, 6.45) is 1.44. The van der Waals surface area contributed by atoms with Crippen LogP contribution in [-0.4, -0.2) is 48.5 Å². The largest absolute Gasteiger partial charge is 0.395 e. The van der Waals surface area contributed by atoms with E-state index in [0.29, 0.717) is 0 Å². The molecule has 5 heteroatoms. The summed E-state index contributed by atoms with van der Waals surface area (Å²) in [7, 11) is 0. The highest BCUT2D eigenvalue weighted by Gasteiger charge is 2.24. The van der Waals surface area contributed by atoms with Crippen molar-refractivity contribution in [1.29, 1.82) is 0 Å². The SMILES string of the molecule is O=C(CN(CCO)CC(F)F)C1CCCC1. The summed E-state index contributed by atoms with van der Waals surface area (Å²) in [5.41, 5.74) is 0. The maximum absolute atomic E-state index is 12.2.